The second-order valence-corrected chi connectivity index (χ2v) is 13.2. The van der Waals surface area contributed by atoms with E-state index < -0.39 is 0 Å². The van der Waals surface area contributed by atoms with Crippen molar-refractivity contribution in [1.29, 1.82) is 0 Å². The van der Waals surface area contributed by atoms with Gasteiger partial charge in [-0.2, -0.15) is 0 Å². The van der Waals surface area contributed by atoms with E-state index in [9.17, 15) is 0 Å². The van der Waals surface area contributed by atoms with Gasteiger partial charge in [-0.1, -0.05) is 152 Å². The van der Waals surface area contributed by atoms with Gasteiger partial charge in [0.05, 0.1) is 0 Å². The highest BCUT2D eigenvalue weighted by Crippen LogP contribution is 2.37. The van der Waals surface area contributed by atoms with Crippen LogP contribution in [0.1, 0.15) is 29.0 Å². The first-order chi connectivity index (χ1) is 25.2. The quantitative estimate of drug-likeness (QED) is 0.181. The average Bonchev–Trinajstić information content (AvgIpc) is 3.59. The number of benzene rings is 8. The van der Waals surface area contributed by atoms with Crippen LogP contribution in [0.2, 0.25) is 0 Å². The predicted molar refractivity (Wildman–Crippen MR) is 211 cm³/mol. The number of fused-ring (bicyclic) bond motifs is 6. The lowest BCUT2D eigenvalue weighted by molar-refractivity contribution is 0.409. The second-order valence-electron chi connectivity index (χ2n) is 13.2. The minimum Gasteiger partial charge on any atom is -0.456 e. The minimum absolute atomic E-state index is 0.187. The molecule has 1 aromatic heterocycles. The van der Waals surface area contributed by atoms with Crippen LogP contribution >= 0.6 is 0 Å². The molecular weight excluding hydrogens is 623 g/mol. The summed E-state index contributed by atoms with van der Waals surface area (Å²) in [5.74, 6) is 0.827. The topological polar surface area (TPSA) is 49.6 Å². The highest BCUT2D eigenvalue weighted by atomic mass is 16.3. The molecule has 4 nitrogen and oxygen atoms in total. The molecule has 0 saturated carbocycles. The normalized spacial score (nSPS) is 16.0. The van der Waals surface area contributed by atoms with Crippen molar-refractivity contribution in [2.75, 3.05) is 0 Å². The molecule has 8 aromatic carbocycles. The van der Waals surface area contributed by atoms with Gasteiger partial charge >= 0.3 is 0 Å². The second kappa shape index (κ2) is 12.1. The molecule has 1 aliphatic rings. The van der Waals surface area contributed by atoms with Gasteiger partial charge in [0.15, 0.2) is 0 Å². The Morgan fingerprint density at radius 1 is 0.451 bits per heavy atom. The third kappa shape index (κ3) is 5.25. The van der Waals surface area contributed by atoms with Crippen LogP contribution in [0.25, 0.3) is 65.7 Å². The van der Waals surface area contributed by atoms with Crippen LogP contribution in [0.15, 0.2) is 185 Å². The van der Waals surface area contributed by atoms with E-state index in [0.717, 1.165) is 55.6 Å². The zero-order valence-corrected chi connectivity index (χ0v) is 27.8. The fourth-order valence-electron chi connectivity index (χ4n) is 7.57. The molecule has 2 unspecified atom stereocenters. The van der Waals surface area contributed by atoms with Crippen molar-refractivity contribution in [2.45, 2.75) is 12.3 Å². The number of para-hydroxylation sites is 1. The maximum atomic E-state index is 6.47. The lowest BCUT2D eigenvalue weighted by Crippen LogP contribution is -2.45. The van der Waals surface area contributed by atoms with E-state index in [0.29, 0.717) is 0 Å². The van der Waals surface area contributed by atoms with Gasteiger partial charge in [-0.3, -0.25) is 5.32 Å². The zero-order valence-electron chi connectivity index (χ0n) is 27.8. The zero-order chi connectivity index (χ0) is 33.7. The molecule has 0 saturated heterocycles. The molecule has 2 atom stereocenters. The summed E-state index contributed by atoms with van der Waals surface area (Å²) in [4.78, 5) is 5.34. The van der Waals surface area contributed by atoms with Crippen molar-refractivity contribution < 1.29 is 4.42 Å². The van der Waals surface area contributed by atoms with Crippen LogP contribution in [-0.4, -0.2) is 5.84 Å². The maximum Gasteiger partial charge on any atom is 0.136 e. The van der Waals surface area contributed by atoms with Crippen molar-refractivity contribution >= 4 is 49.3 Å². The lowest BCUT2D eigenvalue weighted by atomic mass is 9.96. The number of hydrogen-bond donors (Lipinski definition) is 2. The number of nitrogens with one attached hydrogen (secondary N) is 2. The molecule has 242 valence electrons. The molecule has 2 N–H and O–H groups in total. The van der Waals surface area contributed by atoms with Gasteiger partial charge in [0.2, 0.25) is 0 Å². The Labute approximate surface area is 295 Å². The Hall–Kier alpha value is -6.49. The molecule has 1 aliphatic heterocycles. The lowest BCUT2D eigenvalue weighted by Gasteiger charge is -2.32. The van der Waals surface area contributed by atoms with E-state index in [1.54, 1.807) is 0 Å². The van der Waals surface area contributed by atoms with Crippen molar-refractivity contribution in [2.24, 2.45) is 4.99 Å². The van der Waals surface area contributed by atoms with Crippen LogP contribution in [0.5, 0.6) is 0 Å². The molecule has 9 aromatic rings. The first kappa shape index (κ1) is 29.4. The number of amidine groups is 1. The molecule has 10 rings (SSSR count). The van der Waals surface area contributed by atoms with E-state index in [-0.39, 0.29) is 12.3 Å². The van der Waals surface area contributed by atoms with E-state index in [1.165, 1.54) is 32.7 Å². The van der Waals surface area contributed by atoms with Crippen LogP contribution in [-0.2, 0) is 0 Å². The van der Waals surface area contributed by atoms with Gasteiger partial charge in [-0.25, -0.2) is 4.99 Å². The number of furan rings is 1. The maximum absolute atomic E-state index is 6.47. The summed E-state index contributed by atoms with van der Waals surface area (Å²) >= 11 is 0. The summed E-state index contributed by atoms with van der Waals surface area (Å²) in [6, 6.07) is 62.3. The molecule has 0 bridgehead atoms. The third-order valence-electron chi connectivity index (χ3n) is 10.1. The van der Waals surface area contributed by atoms with Crippen LogP contribution in [0.3, 0.4) is 0 Å². The standard InChI is InChI=1S/C47H33N3O/c1-3-11-30(12-4-1)37-28-41(44-40-17-9-10-18-42(40)51-43(44)29-37)47-49-45(33-14-5-2-6-15-33)48-46(50-47)34-22-19-31(20-23-34)35-25-26-39-36(27-35)24-21-32-13-7-8-16-38(32)39/h1-29,45-46,48H,(H,49,50). The van der Waals surface area contributed by atoms with Gasteiger partial charge in [0, 0.05) is 16.3 Å². The molecule has 0 amide bonds. The van der Waals surface area contributed by atoms with E-state index in [4.69, 9.17) is 9.41 Å². The first-order valence-electron chi connectivity index (χ1n) is 17.4. The SMILES string of the molecule is c1ccc(-c2cc(C3=NC(c4ccccc4)NC(c4ccc(-c5ccc6c(ccc7ccccc76)c5)cc4)N3)c3c(c2)oc2ccccc23)cc1. The van der Waals surface area contributed by atoms with Gasteiger partial charge in [-0.05, 0) is 79.2 Å². The molecule has 0 aliphatic carbocycles. The highest BCUT2D eigenvalue weighted by molar-refractivity contribution is 6.19. The number of hydrogen-bond acceptors (Lipinski definition) is 4. The van der Waals surface area contributed by atoms with Gasteiger partial charge in [0.1, 0.15) is 29.3 Å². The number of rotatable bonds is 5. The Balaban J connectivity index is 1.06. The molecule has 0 radical (unpaired) electrons. The van der Waals surface area contributed by atoms with Crippen molar-refractivity contribution in [3.63, 3.8) is 0 Å². The van der Waals surface area contributed by atoms with Gasteiger partial charge in [-0.15, -0.1) is 0 Å². The molecule has 0 fully saturated rings. The third-order valence-corrected chi connectivity index (χ3v) is 10.1. The average molecular weight is 656 g/mol. The summed E-state index contributed by atoms with van der Waals surface area (Å²) in [6.45, 7) is 0. The van der Waals surface area contributed by atoms with E-state index in [2.05, 4.69) is 162 Å². The summed E-state index contributed by atoms with van der Waals surface area (Å²) in [5, 5.41) is 14.8. The Bertz CT molecular complexity index is 2750. The summed E-state index contributed by atoms with van der Waals surface area (Å²) < 4.78 is 6.47. The fourth-order valence-corrected chi connectivity index (χ4v) is 7.57. The molecule has 0 spiro atoms. The Kier molecular flexibility index (Phi) is 7.00. The number of nitrogens with zero attached hydrogens (tertiary/aromatic N) is 1. The van der Waals surface area contributed by atoms with Crippen molar-refractivity contribution in [1.82, 2.24) is 10.6 Å². The summed E-state index contributed by atoms with van der Waals surface area (Å²) in [7, 11) is 0. The molecule has 4 heteroatoms. The van der Waals surface area contributed by atoms with Crippen molar-refractivity contribution in [3.8, 4) is 22.3 Å². The molecule has 2 heterocycles. The smallest absolute Gasteiger partial charge is 0.136 e. The fraction of sp³-hybridized carbons (Fsp3) is 0.0426. The Morgan fingerprint density at radius 2 is 1.12 bits per heavy atom. The van der Waals surface area contributed by atoms with Crippen LogP contribution in [0, 0.1) is 0 Å². The number of aliphatic imine (C=N–C) groups is 1. The van der Waals surface area contributed by atoms with Crippen molar-refractivity contribution in [3.05, 3.63) is 193 Å². The minimum atomic E-state index is -0.254. The summed E-state index contributed by atoms with van der Waals surface area (Å²) in [6.07, 6.45) is -0.440. The largest absolute Gasteiger partial charge is 0.456 e. The molecular formula is C47H33N3O. The monoisotopic (exact) mass is 655 g/mol. The van der Waals surface area contributed by atoms with E-state index >= 15 is 0 Å². The Morgan fingerprint density at radius 3 is 1.96 bits per heavy atom. The summed E-state index contributed by atoms with van der Waals surface area (Å²) in [5.41, 5.74) is 9.55. The van der Waals surface area contributed by atoms with Crippen LogP contribution < -0.4 is 10.6 Å². The first-order valence-corrected chi connectivity index (χ1v) is 17.4. The highest BCUT2D eigenvalue weighted by Gasteiger charge is 2.28. The van der Waals surface area contributed by atoms with E-state index in [1.807, 2.05) is 24.3 Å². The van der Waals surface area contributed by atoms with Crippen LogP contribution in [0.4, 0.5) is 0 Å². The predicted octanol–water partition coefficient (Wildman–Crippen LogP) is 11.6. The van der Waals surface area contributed by atoms with Gasteiger partial charge < -0.3 is 9.73 Å². The van der Waals surface area contributed by atoms with Gasteiger partial charge in [0.25, 0.3) is 0 Å². The molecule has 51 heavy (non-hydrogen) atoms.